The number of rotatable bonds is 4. The molecule has 1 heterocycles. The lowest BCUT2D eigenvalue weighted by molar-refractivity contribution is 0.0947. The van der Waals surface area contributed by atoms with Gasteiger partial charge in [0.15, 0.2) is 5.69 Å². The molecule has 0 unspecified atom stereocenters. The van der Waals surface area contributed by atoms with Crippen molar-refractivity contribution in [3.05, 3.63) is 63.8 Å². The van der Waals surface area contributed by atoms with Crippen LogP contribution in [0.4, 0.5) is 0 Å². The van der Waals surface area contributed by atoms with Gasteiger partial charge in [-0.1, -0.05) is 47.5 Å². The maximum Gasteiger partial charge on any atom is 0.272 e. The summed E-state index contributed by atoms with van der Waals surface area (Å²) in [5, 5.41) is 9.54. The van der Waals surface area contributed by atoms with Gasteiger partial charge in [0.2, 0.25) is 0 Å². The summed E-state index contributed by atoms with van der Waals surface area (Å²) in [6.45, 7) is 0.412. The smallest absolute Gasteiger partial charge is 0.272 e. The second-order valence-electron chi connectivity index (χ2n) is 5.97. The Kier molecular flexibility index (Phi) is 3.94. The molecule has 0 bridgehead atoms. The first-order valence-electron chi connectivity index (χ1n) is 7.83. The molecule has 0 atom stereocenters. The summed E-state index contributed by atoms with van der Waals surface area (Å²) in [5.74, 6) is -0.127. The number of hydrogen-bond donors (Lipinski definition) is 1. The van der Waals surface area contributed by atoms with Crippen molar-refractivity contribution < 1.29 is 4.79 Å². The lowest BCUT2D eigenvalue weighted by Crippen LogP contribution is -2.26. The van der Waals surface area contributed by atoms with Crippen LogP contribution in [0.5, 0.6) is 0 Å². The Balaban J connectivity index is 1.76. The Labute approximate surface area is 149 Å². The molecule has 0 radical (unpaired) electrons. The molecule has 24 heavy (non-hydrogen) atoms. The van der Waals surface area contributed by atoms with E-state index in [2.05, 4.69) is 10.4 Å². The summed E-state index contributed by atoms with van der Waals surface area (Å²) in [5.41, 5.74) is 2.12. The van der Waals surface area contributed by atoms with Crippen molar-refractivity contribution in [1.82, 2.24) is 15.1 Å². The molecular formula is C18H15Cl2N3O. The Morgan fingerprint density at radius 3 is 2.54 bits per heavy atom. The average molecular weight is 360 g/mol. The number of amides is 1. The maximum absolute atomic E-state index is 12.5. The van der Waals surface area contributed by atoms with E-state index in [-0.39, 0.29) is 5.91 Å². The van der Waals surface area contributed by atoms with Gasteiger partial charge < -0.3 is 5.32 Å². The van der Waals surface area contributed by atoms with Crippen molar-refractivity contribution in [2.24, 2.45) is 0 Å². The first-order chi connectivity index (χ1) is 11.6. The highest BCUT2D eigenvalue weighted by Crippen LogP contribution is 2.27. The van der Waals surface area contributed by atoms with Gasteiger partial charge in [-0.2, -0.15) is 5.10 Å². The van der Waals surface area contributed by atoms with Crippen molar-refractivity contribution in [2.45, 2.75) is 25.4 Å². The van der Waals surface area contributed by atoms with Gasteiger partial charge in [0, 0.05) is 27.0 Å². The molecule has 0 spiro atoms. The first-order valence-corrected chi connectivity index (χ1v) is 8.58. The summed E-state index contributed by atoms with van der Waals surface area (Å²) < 4.78 is 1.78. The number of para-hydroxylation sites is 1. The predicted octanol–water partition coefficient (Wildman–Crippen LogP) is 4.28. The van der Waals surface area contributed by atoms with Crippen LogP contribution in [0, 0.1) is 0 Å². The number of carbonyl (C=O) groups excluding carboxylic acids is 1. The Morgan fingerprint density at radius 2 is 1.83 bits per heavy atom. The van der Waals surface area contributed by atoms with Crippen molar-refractivity contribution in [3.8, 4) is 0 Å². The Bertz CT molecular complexity index is 911. The number of aromatic nitrogens is 2. The van der Waals surface area contributed by atoms with E-state index >= 15 is 0 Å². The van der Waals surface area contributed by atoms with Crippen LogP contribution in [-0.2, 0) is 6.54 Å². The normalized spacial score (nSPS) is 14.1. The summed E-state index contributed by atoms with van der Waals surface area (Å²) in [4.78, 5) is 12.5. The van der Waals surface area contributed by atoms with Crippen LogP contribution in [0.25, 0.3) is 10.9 Å². The highest BCUT2D eigenvalue weighted by atomic mass is 35.5. The van der Waals surface area contributed by atoms with Crippen molar-refractivity contribution in [3.63, 3.8) is 0 Å². The third-order valence-electron chi connectivity index (χ3n) is 4.16. The van der Waals surface area contributed by atoms with E-state index in [1.54, 1.807) is 16.8 Å². The number of benzene rings is 2. The van der Waals surface area contributed by atoms with E-state index in [0.29, 0.717) is 28.3 Å². The molecule has 1 amide bonds. The van der Waals surface area contributed by atoms with Crippen LogP contribution in [0.1, 0.15) is 28.9 Å². The van der Waals surface area contributed by atoms with Crippen LogP contribution in [0.15, 0.2) is 42.5 Å². The lowest BCUT2D eigenvalue weighted by Gasteiger charge is -2.08. The number of fused-ring (bicyclic) bond motifs is 1. The van der Waals surface area contributed by atoms with Gasteiger partial charge >= 0.3 is 0 Å². The summed E-state index contributed by atoms with van der Waals surface area (Å²) in [6.07, 6.45) is 2.08. The minimum absolute atomic E-state index is 0.127. The average Bonchev–Trinajstić information content (AvgIpc) is 3.31. The van der Waals surface area contributed by atoms with Crippen molar-refractivity contribution in [1.29, 1.82) is 0 Å². The fourth-order valence-corrected chi connectivity index (χ4v) is 3.25. The highest BCUT2D eigenvalue weighted by Gasteiger charge is 2.26. The molecule has 122 valence electrons. The summed E-state index contributed by atoms with van der Waals surface area (Å²) in [7, 11) is 0. The van der Waals surface area contributed by atoms with Gasteiger partial charge in [-0.15, -0.1) is 0 Å². The van der Waals surface area contributed by atoms with E-state index in [1.807, 2.05) is 30.3 Å². The molecule has 1 aliphatic carbocycles. The van der Waals surface area contributed by atoms with Crippen LogP contribution in [-0.4, -0.2) is 21.7 Å². The molecule has 1 N–H and O–H groups in total. The molecule has 6 heteroatoms. The molecule has 0 saturated heterocycles. The van der Waals surface area contributed by atoms with E-state index < -0.39 is 0 Å². The Morgan fingerprint density at radius 1 is 1.12 bits per heavy atom. The zero-order chi connectivity index (χ0) is 16.7. The van der Waals surface area contributed by atoms with Crippen LogP contribution in [0.2, 0.25) is 10.0 Å². The summed E-state index contributed by atoms with van der Waals surface area (Å²) >= 11 is 12.5. The van der Waals surface area contributed by atoms with Crippen LogP contribution < -0.4 is 5.32 Å². The molecule has 1 aliphatic rings. The van der Waals surface area contributed by atoms with Crippen LogP contribution >= 0.6 is 23.2 Å². The zero-order valence-electron chi connectivity index (χ0n) is 12.8. The molecule has 1 aromatic heterocycles. The monoisotopic (exact) mass is 359 g/mol. The number of nitrogens with one attached hydrogen (secondary N) is 1. The Hall–Kier alpha value is -2.04. The fourth-order valence-electron chi connectivity index (χ4n) is 2.73. The molecule has 3 aromatic rings. The standard InChI is InChI=1S/C18H15Cl2N3O/c19-14-5-3-6-15(20)13(14)10-23-16-7-2-1-4-12(16)17(22-23)18(24)21-11-8-9-11/h1-7,11H,8-10H2,(H,21,24). The molecule has 4 nitrogen and oxygen atoms in total. The number of hydrogen-bond acceptors (Lipinski definition) is 2. The first kappa shape index (κ1) is 15.5. The lowest BCUT2D eigenvalue weighted by atomic mass is 10.2. The molecule has 2 aromatic carbocycles. The van der Waals surface area contributed by atoms with Gasteiger partial charge in [0.1, 0.15) is 0 Å². The highest BCUT2D eigenvalue weighted by molar-refractivity contribution is 6.36. The van der Waals surface area contributed by atoms with E-state index in [4.69, 9.17) is 23.2 Å². The van der Waals surface area contributed by atoms with Crippen LogP contribution in [0.3, 0.4) is 0 Å². The van der Waals surface area contributed by atoms with E-state index in [9.17, 15) is 4.79 Å². The summed E-state index contributed by atoms with van der Waals surface area (Å²) in [6, 6.07) is 13.4. The van der Waals surface area contributed by atoms with Gasteiger partial charge in [0.05, 0.1) is 12.1 Å². The quantitative estimate of drug-likeness (QED) is 0.755. The van der Waals surface area contributed by atoms with Crippen molar-refractivity contribution in [2.75, 3.05) is 0 Å². The topological polar surface area (TPSA) is 46.9 Å². The number of carbonyl (C=O) groups is 1. The maximum atomic E-state index is 12.5. The van der Waals surface area contributed by atoms with Gasteiger partial charge in [-0.3, -0.25) is 9.48 Å². The van der Waals surface area contributed by atoms with Gasteiger partial charge in [-0.25, -0.2) is 0 Å². The third-order valence-corrected chi connectivity index (χ3v) is 4.86. The van der Waals surface area contributed by atoms with E-state index in [1.165, 1.54) is 0 Å². The van der Waals surface area contributed by atoms with Crippen molar-refractivity contribution >= 4 is 40.0 Å². The molecule has 0 aliphatic heterocycles. The zero-order valence-corrected chi connectivity index (χ0v) is 14.3. The largest absolute Gasteiger partial charge is 0.348 e. The fraction of sp³-hybridized carbons (Fsp3) is 0.222. The molecular weight excluding hydrogens is 345 g/mol. The van der Waals surface area contributed by atoms with Gasteiger partial charge in [-0.05, 0) is 31.0 Å². The minimum Gasteiger partial charge on any atom is -0.348 e. The number of nitrogens with zero attached hydrogens (tertiary/aromatic N) is 2. The van der Waals surface area contributed by atoms with E-state index in [0.717, 1.165) is 29.3 Å². The van der Waals surface area contributed by atoms with Gasteiger partial charge in [0.25, 0.3) is 5.91 Å². The molecule has 1 fully saturated rings. The minimum atomic E-state index is -0.127. The number of halogens is 2. The third kappa shape index (κ3) is 2.87. The second kappa shape index (κ2) is 6.11. The second-order valence-corrected chi connectivity index (χ2v) is 6.79. The molecule has 4 rings (SSSR count). The molecule has 1 saturated carbocycles. The SMILES string of the molecule is O=C(NC1CC1)c1nn(Cc2c(Cl)cccc2Cl)c2ccccc12. The predicted molar refractivity (Wildman–Crippen MR) is 95.8 cm³/mol.